The molecule has 5 nitrogen and oxygen atoms in total. The fraction of sp³-hybridized carbons (Fsp3) is 0.538. The topological polar surface area (TPSA) is 60.6 Å². The summed E-state index contributed by atoms with van der Waals surface area (Å²) in [6, 6.07) is 4.05. The number of hydrogen-bond donors (Lipinski definition) is 1. The predicted molar refractivity (Wildman–Crippen MR) is 80.7 cm³/mol. The molecule has 0 fully saturated rings. The minimum absolute atomic E-state index is 0.224. The zero-order chi connectivity index (χ0) is 14.3. The minimum Gasteiger partial charge on any atom is -0.388 e. The average Bonchev–Trinajstić information content (AvgIpc) is 2.40. The summed E-state index contributed by atoms with van der Waals surface area (Å²) in [5.41, 5.74) is 7.26. The SMILES string of the molecule is COCCN(c1ccnc(C(N)=S)c1)C(C)COC. The number of pyridine rings is 1. The van der Waals surface area contributed by atoms with Gasteiger partial charge in [-0.2, -0.15) is 0 Å². The monoisotopic (exact) mass is 283 g/mol. The molecule has 1 aromatic rings. The molecule has 0 bridgehead atoms. The van der Waals surface area contributed by atoms with Gasteiger partial charge in [0.25, 0.3) is 0 Å². The van der Waals surface area contributed by atoms with E-state index in [1.54, 1.807) is 20.4 Å². The molecule has 0 aromatic carbocycles. The zero-order valence-corrected chi connectivity index (χ0v) is 12.4. The van der Waals surface area contributed by atoms with Crippen molar-refractivity contribution in [1.82, 2.24) is 4.98 Å². The lowest BCUT2D eigenvalue weighted by atomic mass is 10.2. The van der Waals surface area contributed by atoms with E-state index in [1.165, 1.54) is 0 Å². The van der Waals surface area contributed by atoms with Gasteiger partial charge in [0, 0.05) is 38.7 Å². The van der Waals surface area contributed by atoms with Crippen LogP contribution < -0.4 is 10.6 Å². The van der Waals surface area contributed by atoms with Gasteiger partial charge < -0.3 is 20.1 Å². The number of anilines is 1. The van der Waals surface area contributed by atoms with Gasteiger partial charge in [-0.15, -0.1) is 0 Å². The van der Waals surface area contributed by atoms with Crippen LogP contribution in [0, 0.1) is 0 Å². The lowest BCUT2D eigenvalue weighted by Gasteiger charge is -2.31. The van der Waals surface area contributed by atoms with Crippen LogP contribution in [-0.4, -0.2) is 50.0 Å². The Balaban J connectivity index is 2.95. The summed E-state index contributed by atoms with van der Waals surface area (Å²) >= 11 is 4.96. The molecule has 0 saturated carbocycles. The Morgan fingerprint density at radius 2 is 2.21 bits per heavy atom. The maximum Gasteiger partial charge on any atom is 0.122 e. The van der Waals surface area contributed by atoms with Crippen molar-refractivity contribution in [2.45, 2.75) is 13.0 Å². The Labute approximate surface area is 119 Å². The van der Waals surface area contributed by atoms with Crippen LogP contribution in [0.4, 0.5) is 5.69 Å². The molecular formula is C13H21N3O2S. The second-order valence-corrected chi connectivity index (χ2v) is 4.69. The van der Waals surface area contributed by atoms with Crippen LogP contribution in [0.1, 0.15) is 12.6 Å². The zero-order valence-electron chi connectivity index (χ0n) is 11.6. The highest BCUT2D eigenvalue weighted by Crippen LogP contribution is 2.17. The van der Waals surface area contributed by atoms with Crippen molar-refractivity contribution in [2.75, 3.05) is 38.9 Å². The summed E-state index contributed by atoms with van der Waals surface area (Å²) in [4.78, 5) is 6.64. The summed E-state index contributed by atoms with van der Waals surface area (Å²) in [6.45, 7) is 4.13. The first-order chi connectivity index (χ1) is 9.10. The fourth-order valence-corrected chi connectivity index (χ4v) is 1.97. The summed E-state index contributed by atoms with van der Waals surface area (Å²) in [6.07, 6.45) is 1.71. The molecule has 1 aromatic heterocycles. The predicted octanol–water partition coefficient (Wildman–Crippen LogP) is 1.20. The summed E-state index contributed by atoms with van der Waals surface area (Å²) in [7, 11) is 3.38. The van der Waals surface area contributed by atoms with Crippen molar-refractivity contribution in [3.63, 3.8) is 0 Å². The quantitative estimate of drug-likeness (QED) is 0.724. The van der Waals surface area contributed by atoms with Gasteiger partial charge in [-0.25, -0.2) is 0 Å². The molecule has 106 valence electrons. The van der Waals surface area contributed by atoms with Crippen LogP contribution >= 0.6 is 12.2 Å². The van der Waals surface area contributed by atoms with Gasteiger partial charge in [-0.1, -0.05) is 12.2 Å². The molecule has 1 atom stereocenters. The van der Waals surface area contributed by atoms with Gasteiger partial charge in [0.15, 0.2) is 0 Å². The Kier molecular flexibility index (Phi) is 6.69. The first-order valence-corrected chi connectivity index (χ1v) is 6.51. The van der Waals surface area contributed by atoms with E-state index in [0.29, 0.717) is 23.9 Å². The number of rotatable bonds is 8. The van der Waals surface area contributed by atoms with Crippen molar-refractivity contribution in [1.29, 1.82) is 0 Å². The molecule has 0 aliphatic rings. The fourth-order valence-electron chi connectivity index (χ4n) is 1.86. The molecule has 2 N–H and O–H groups in total. The number of hydrogen-bond acceptors (Lipinski definition) is 5. The second kappa shape index (κ2) is 8.04. The average molecular weight is 283 g/mol. The van der Waals surface area contributed by atoms with E-state index in [0.717, 1.165) is 12.2 Å². The Morgan fingerprint density at radius 3 is 2.79 bits per heavy atom. The molecule has 1 heterocycles. The molecule has 0 aliphatic carbocycles. The maximum atomic E-state index is 5.62. The molecule has 0 aliphatic heterocycles. The van der Waals surface area contributed by atoms with Crippen molar-refractivity contribution in [2.24, 2.45) is 5.73 Å². The molecule has 1 rings (SSSR count). The van der Waals surface area contributed by atoms with Crippen molar-refractivity contribution < 1.29 is 9.47 Å². The molecule has 0 spiro atoms. The van der Waals surface area contributed by atoms with Crippen molar-refractivity contribution in [3.8, 4) is 0 Å². The third-order valence-corrected chi connectivity index (χ3v) is 3.01. The van der Waals surface area contributed by atoms with Crippen LogP contribution in [0.2, 0.25) is 0 Å². The molecular weight excluding hydrogens is 262 g/mol. The number of ether oxygens (including phenoxy) is 2. The van der Waals surface area contributed by atoms with Gasteiger partial charge in [0.2, 0.25) is 0 Å². The van der Waals surface area contributed by atoms with E-state index >= 15 is 0 Å². The van der Waals surface area contributed by atoms with Gasteiger partial charge in [-0.05, 0) is 19.1 Å². The van der Waals surface area contributed by atoms with E-state index in [4.69, 9.17) is 27.4 Å². The lowest BCUT2D eigenvalue weighted by Crippen LogP contribution is -2.38. The van der Waals surface area contributed by atoms with E-state index in [-0.39, 0.29) is 6.04 Å². The van der Waals surface area contributed by atoms with E-state index in [9.17, 15) is 0 Å². The normalized spacial score (nSPS) is 12.2. The molecule has 0 radical (unpaired) electrons. The lowest BCUT2D eigenvalue weighted by molar-refractivity contribution is 0.171. The van der Waals surface area contributed by atoms with E-state index < -0.39 is 0 Å². The van der Waals surface area contributed by atoms with Gasteiger partial charge in [0.05, 0.1) is 18.9 Å². The van der Waals surface area contributed by atoms with Gasteiger partial charge in [-0.3, -0.25) is 4.98 Å². The van der Waals surface area contributed by atoms with E-state index in [2.05, 4.69) is 16.8 Å². The van der Waals surface area contributed by atoms with Crippen LogP contribution in [0.15, 0.2) is 18.3 Å². The smallest absolute Gasteiger partial charge is 0.122 e. The third-order valence-electron chi connectivity index (χ3n) is 2.80. The summed E-state index contributed by atoms with van der Waals surface area (Å²) < 4.78 is 10.4. The van der Waals surface area contributed by atoms with Crippen LogP contribution in [0.25, 0.3) is 0 Å². The maximum absolute atomic E-state index is 5.62. The van der Waals surface area contributed by atoms with Gasteiger partial charge in [0.1, 0.15) is 4.99 Å². The Bertz CT molecular complexity index is 415. The molecule has 0 amide bonds. The molecule has 1 unspecified atom stereocenters. The van der Waals surface area contributed by atoms with Crippen molar-refractivity contribution >= 4 is 22.9 Å². The molecule has 6 heteroatoms. The first-order valence-electron chi connectivity index (χ1n) is 6.10. The van der Waals surface area contributed by atoms with Gasteiger partial charge >= 0.3 is 0 Å². The standard InChI is InChI=1S/C13H21N3O2S/c1-10(9-18-3)16(6-7-17-2)11-4-5-15-12(8-11)13(14)19/h4-5,8,10H,6-7,9H2,1-3H3,(H2,14,19). The number of nitrogens with two attached hydrogens (primary N) is 1. The molecule has 19 heavy (non-hydrogen) atoms. The highest BCUT2D eigenvalue weighted by Gasteiger charge is 2.15. The van der Waals surface area contributed by atoms with Crippen LogP contribution in [0.3, 0.4) is 0 Å². The molecule has 0 saturated heterocycles. The van der Waals surface area contributed by atoms with Crippen molar-refractivity contribution in [3.05, 3.63) is 24.0 Å². The largest absolute Gasteiger partial charge is 0.388 e. The first kappa shape index (κ1) is 15.8. The number of methoxy groups -OCH3 is 2. The number of nitrogens with zero attached hydrogens (tertiary/aromatic N) is 2. The minimum atomic E-state index is 0.224. The third kappa shape index (κ3) is 4.74. The second-order valence-electron chi connectivity index (χ2n) is 4.25. The summed E-state index contributed by atoms with van der Waals surface area (Å²) in [5.74, 6) is 0. The number of thiocarbonyl (C=S) groups is 1. The van der Waals surface area contributed by atoms with E-state index in [1.807, 2.05) is 12.1 Å². The highest BCUT2D eigenvalue weighted by molar-refractivity contribution is 7.80. The Hall–Kier alpha value is -1.24. The van der Waals surface area contributed by atoms with Crippen LogP contribution in [-0.2, 0) is 9.47 Å². The van der Waals surface area contributed by atoms with Crippen LogP contribution in [0.5, 0.6) is 0 Å². The highest BCUT2D eigenvalue weighted by atomic mass is 32.1. The Morgan fingerprint density at radius 1 is 1.47 bits per heavy atom. The summed E-state index contributed by atoms with van der Waals surface area (Å²) in [5, 5.41) is 0. The number of aromatic nitrogens is 1.